The summed E-state index contributed by atoms with van der Waals surface area (Å²) < 4.78 is 10.3. The van der Waals surface area contributed by atoms with Crippen LogP contribution < -0.4 is 10.1 Å². The highest BCUT2D eigenvalue weighted by atomic mass is 16.6. The van der Waals surface area contributed by atoms with Crippen LogP contribution >= 0.6 is 0 Å². The second-order valence-corrected chi connectivity index (χ2v) is 6.48. The van der Waals surface area contributed by atoms with Crippen LogP contribution in [0.15, 0.2) is 54.6 Å². The van der Waals surface area contributed by atoms with E-state index in [-0.39, 0.29) is 18.3 Å². The molecule has 7 nitrogen and oxygen atoms in total. The van der Waals surface area contributed by atoms with E-state index in [1.807, 2.05) is 36.4 Å². The lowest BCUT2D eigenvalue weighted by molar-refractivity contribution is -0.145. The van der Waals surface area contributed by atoms with Crippen molar-refractivity contribution in [3.63, 3.8) is 0 Å². The Bertz CT molecular complexity index is 828. The van der Waals surface area contributed by atoms with E-state index >= 15 is 0 Å². The lowest BCUT2D eigenvalue weighted by Crippen LogP contribution is -2.51. The molecule has 0 bridgehead atoms. The molecule has 0 aromatic heterocycles. The number of ether oxygens (including phenoxy) is 2. The number of nitrogens with zero attached hydrogens (tertiary/aromatic N) is 1. The quantitative estimate of drug-likeness (QED) is 0.563. The van der Waals surface area contributed by atoms with Gasteiger partial charge in [-0.15, -0.1) is 0 Å². The Morgan fingerprint density at radius 2 is 1.75 bits per heavy atom. The number of carbonyl (C=O) groups is 2. The number of nitrogens with one attached hydrogen (secondary N) is 1. The van der Waals surface area contributed by atoms with Crippen LogP contribution in [-0.2, 0) is 16.1 Å². The molecular weight excluding hydrogens is 360 g/mol. The fraction of sp³-hybridized carbons (Fsp3) is 0.286. The van der Waals surface area contributed by atoms with Crippen LogP contribution in [0.3, 0.4) is 0 Å². The van der Waals surface area contributed by atoms with Crippen LogP contribution in [-0.4, -0.2) is 29.3 Å². The van der Waals surface area contributed by atoms with E-state index in [0.29, 0.717) is 5.56 Å². The predicted molar refractivity (Wildman–Crippen MR) is 101 cm³/mol. The van der Waals surface area contributed by atoms with Crippen molar-refractivity contribution in [2.45, 2.75) is 32.6 Å². The smallest absolute Gasteiger partial charge is 0.407 e. The van der Waals surface area contributed by atoms with Gasteiger partial charge in [0.1, 0.15) is 12.4 Å². The van der Waals surface area contributed by atoms with Gasteiger partial charge in [-0.3, -0.25) is 0 Å². The number of benzene rings is 2. The molecule has 0 aliphatic heterocycles. The predicted octanol–water partition coefficient (Wildman–Crippen LogP) is 2.78. The van der Waals surface area contributed by atoms with Crippen molar-refractivity contribution in [2.24, 2.45) is 5.92 Å². The summed E-state index contributed by atoms with van der Waals surface area (Å²) in [6.07, 6.45) is -2.33. The maximum absolute atomic E-state index is 12.2. The monoisotopic (exact) mass is 382 g/mol. The molecule has 0 aliphatic carbocycles. The molecule has 0 spiro atoms. The first-order chi connectivity index (χ1) is 13.4. The Hall–Kier alpha value is -3.37. The fourth-order valence-electron chi connectivity index (χ4n) is 2.43. The number of alkyl carbamates (subject to hydrolysis) is 1. The summed E-state index contributed by atoms with van der Waals surface area (Å²) in [6, 6.07) is 16.1. The van der Waals surface area contributed by atoms with Gasteiger partial charge in [0.15, 0.2) is 6.10 Å². The molecule has 0 saturated heterocycles. The SMILES string of the molecule is CC(C)[C@H](NC(=O)OCc1ccccc1)[C@@H](O)C(=O)Oc1ccc(C#N)cc1. The molecule has 7 heteroatoms. The second-order valence-electron chi connectivity index (χ2n) is 6.48. The number of aliphatic hydroxyl groups is 1. The Balaban J connectivity index is 1.94. The standard InChI is InChI=1S/C21H22N2O5/c1-14(2)18(23-21(26)27-13-16-6-4-3-5-7-16)19(24)20(25)28-17-10-8-15(12-22)9-11-17/h3-11,14,18-19,24H,13H2,1-2H3,(H,23,26)/t18-,19+/m0/s1. The third kappa shape index (κ3) is 6.11. The maximum atomic E-state index is 12.2. The molecule has 2 N–H and O–H groups in total. The Kier molecular flexibility index (Phi) is 7.55. The van der Waals surface area contributed by atoms with Gasteiger partial charge < -0.3 is 19.9 Å². The largest absolute Gasteiger partial charge is 0.445 e. The van der Waals surface area contributed by atoms with Gasteiger partial charge in [0.25, 0.3) is 0 Å². The summed E-state index contributed by atoms with van der Waals surface area (Å²) in [5, 5.41) is 21.6. The highest BCUT2D eigenvalue weighted by Gasteiger charge is 2.32. The number of esters is 1. The van der Waals surface area contributed by atoms with Crippen LogP contribution in [0, 0.1) is 17.2 Å². The van der Waals surface area contributed by atoms with E-state index in [4.69, 9.17) is 14.7 Å². The number of amides is 1. The Morgan fingerprint density at radius 3 is 2.32 bits per heavy atom. The minimum atomic E-state index is -1.58. The topological polar surface area (TPSA) is 109 Å². The zero-order valence-electron chi connectivity index (χ0n) is 15.7. The van der Waals surface area contributed by atoms with Crippen molar-refractivity contribution in [3.8, 4) is 11.8 Å². The van der Waals surface area contributed by atoms with Crippen molar-refractivity contribution in [2.75, 3.05) is 0 Å². The lowest BCUT2D eigenvalue weighted by atomic mass is 9.99. The van der Waals surface area contributed by atoms with E-state index in [1.54, 1.807) is 13.8 Å². The van der Waals surface area contributed by atoms with E-state index < -0.39 is 24.2 Å². The van der Waals surface area contributed by atoms with Crippen LogP contribution in [0.2, 0.25) is 0 Å². The molecule has 2 aromatic rings. The van der Waals surface area contributed by atoms with Gasteiger partial charge in [-0.25, -0.2) is 9.59 Å². The maximum Gasteiger partial charge on any atom is 0.407 e. The third-order valence-electron chi connectivity index (χ3n) is 4.00. The van der Waals surface area contributed by atoms with Crippen LogP contribution in [0.4, 0.5) is 4.79 Å². The minimum Gasteiger partial charge on any atom is -0.445 e. The number of nitriles is 1. The molecule has 1 amide bonds. The summed E-state index contributed by atoms with van der Waals surface area (Å²) in [4.78, 5) is 24.3. The fourth-order valence-corrected chi connectivity index (χ4v) is 2.43. The molecule has 146 valence electrons. The number of hydrogen-bond donors (Lipinski definition) is 2. The molecule has 2 rings (SSSR count). The van der Waals surface area contributed by atoms with Crippen LogP contribution in [0.1, 0.15) is 25.0 Å². The first-order valence-electron chi connectivity index (χ1n) is 8.78. The molecule has 28 heavy (non-hydrogen) atoms. The number of rotatable bonds is 7. The first-order valence-corrected chi connectivity index (χ1v) is 8.78. The Morgan fingerprint density at radius 1 is 1.11 bits per heavy atom. The summed E-state index contributed by atoms with van der Waals surface area (Å²) in [5.74, 6) is -0.975. The van der Waals surface area contributed by atoms with Gasteiger partial charge in [-0.2, -0.15) is 5.26 Å². The van der Waals surface area contributed by atoms with E-state index in [1.165, 1.54) is 24.3 Å². The van der Waals surface area contributed by atoms with Gasteiger partial charge in [-0.05, 0) is 35.7 Å². The Labute approximate surface area is 163 Å². The number of aliphatic hydroxyl groups excluding tert-OH is 1. The van der Waals surface area contributed by atoms with Crippen molar-refractivity contribution >= 4 is 12.1 Å². The van der Waals surface area contributed by atoms with Gasteiger partial charge in [0, 0.05) is 0 Å². The highest BCUT2D eigenvalue weighted by molar-refractivity contribution is 5.79. The third-order valence-corrected chi connectivity index (χ3v) is 4.00. The highest BCUT2D eigenvalue weighted by Crippen LogP contribution is 2.15. The normalized spacial score (nSPS) is 12.5. The molecule has 0 heterocycles. The van der Waals surface area contributed by atoms with Crippen molar-refractivity contribution in [1.82, 2.24) is 5.32 Å². The average molecular weight is 382 g/mol. The van der Waals surface area contributed by atoms with Gasteiger partial charge in [0.2, 0.25) is 0 Å². The van der Waals surface area contributed by atoms with Gasteiger partial charge >= 0.3 is 12.1 Å². The minimum absolute atomic E-state index is 0.0727. The van der Waals surface area contributed by atoms with Crippen LogP contribution in [0.5, 0.6) is 5.75 Å². The molecule has 0 radical (unpaired) electrons. The van der Waals surface area contributed by atoms with Gasteiger partial charge in [0.05, 0.1) is 17.7 Å². The van der Waals surface area contributed by atoms with Crippen molar-refractivity contribution in [1.29, 1.82) is 5.26 Å². The number of carbonyl (C=O) groups excluding carboxylic acids is 2. The molecule has 0 saturated carbocycles. The lowest BCUT2D eigenvalue weighted by Gasteiger charge is -2.25. The van der Waals surface area contributed by atoms with Crippen molar-refractivity contribution in [3.05, 3.63) is 65.7 Å². The van der Waals surface area contributed by atoms with E-state index in [9.17, 15) is 14.7 Å². The summed E-state index contributed by atoms with van der Waals surface area (Å²) in [6.45, 7) is 3.57. The summed E-state index contributed by atoms with van der Waals surface area (Å²) >= 11 is 0. The molecule has 0 unspecified atom stereocenters. The first kappa shape index (κ1) is 20.9. The molecule has 2 aromatic carbocycles. The van der Waals surface area contributed by atoms with Gasteiger partial charge in [-0.1, -0.05) is 44.2 Å². The van der Waals surface area contributed by atoms with Crippen molar-refractivity contribution < 1.29 is 24.2 Å². The van der Waals surface area contributed by atoms with Crippen LogP contribution in [0.25, 0.3) is 0 Å². The molecule has 0 fully saturated rings. The van der Waals surface area contributed by atoms with E-state index in [0.717, 1.165) is 5.56 Å². The molecule has 0 aliphatic rings. The zero-order chi connectivity index (χ0) is 20.5. The average Bonchev–Trinajstić information content (AvgIpc) is 2.71. The number of hydrogen-bond acceptors (Lipinski definition) is 6. The summed E-state index contributed by atoms with van der Waals surface area (Å²) in [5.41, 5.74) is 1.24. The molecule has 2 atom stereocenters. The molecular formula is C21H22N2O5. The zero-order valence-corrected chi connectivity index (χ0v) is 15.7. The van der Waals surface area contributed by atoms with E-state index in [2.05, 4.69) is 5.32 Å². The second kappa shape index (κ2) is 10.1. The summed E-state index contributed by atoms with van der Waals surface area (Å²) in [7, 11) is 0.